The van der Waals surface area contributed by atoms with Crippen molar-refractivity contribution >= 4 is 17.9 Å². The molecule has 200 valence electrons. The van der Waals surface area contributed by atoms with Gasteiger partial charge in [0.25, 0.3) is 0 Å². The highest BCUT2D eigenvalue weighted by atomic mass is 16.6. The number of carbonyl (C=O) groups is 3. The van der Waals surface area contributed by atoms with E-state index in [9.17, 15) is 14.4 Å². The minimum atomic E-state index is -0.475. The Labute approximate surface area is 212 Å². The summed E-state index contributed by atoms with van der Waals surface area (Å²) in [7, 11) is 0. The predicted molar refractivity (Wildman–Crippen MR) is 134 cm³/mol. The third kappa shape index (κ3) is 6.40. The van der Waals surface area contributed by atoms with Crippen LogP contribution in [0.5, 0.6) is 0 Å². The van der Waals surface area contributed by atoms with E-state index in [0.717, 1.165) is 51.4 Å². The minimum absolute atomic E-state index is 0.210. The predicted octanol–water partition coefficient (Wildman–Crippen LogP) is 6.38. The Kier molecular flexibility index (Phi) is 9.31. The van der Waals surface area contributed by atoms with Gasteiger partial charge in [-0.15, -0.1) is 0 Å². The first-order valence-corrected chi connectivity index (χ1v) is 14.2. The van der Waals surface area contributed by atoms with E-state index in [0.29, 0.717) is 25.7 Å². The minimum Gasteiger partial charge on any atom is -0.462 e. The van der Waals surface area contributed by atoms with Crippen molar-refractivity contribution in [2.24, 2.45) is 29.6 Å². The zero-order valence-corrected chi connectivity index (χ0v) is 22.9. The molecule has 0 aromatic carbocycles. The van der Waals surface area contributed by atoms with E-state index in [4.69, 9.17) is 14.2 Å². The first-order chi connectivity index (χ1) is 16.5. The van der Waals surface area contributed by atoms with Gasteiger partial charge in [-0.3, -0.25) is 14.4 Å². The van der Waals surface area contributed by atoms with Crippen LogP contribution in [0.15, 0.2) is 0 Å². The summed E-state index contributed by atoms with van der Waals surface area (Å²) >= 11 is 0. The smallest absolute Gasteiger partial charge is 0.309 e. The molecule has 0 heterocycles. The molecule has 0 radical (unpaired) electrons. The molecule has 3 saturated carbocycles. The average Bonchev–Trinajstić information content (AvgIpc) is 3.49. The summed E-state index contributed by atoms with van der Waals surface area (Å²) in [5.74, 6) is -1.42. The van der Waals surface area contributed by atoms with Gasteiger partial charge in [0.05, 0.1) is 17.8 Å². The topological polar surface area (TPSA) is 78.9 Å². The van der Waals surface area contributed by atoms with Crippen LogP contribution in [0.3, 0.4) is 0 Å². The molecule has 0 saturated heterocycles. The molecule has 0 aromatic rings. The fourth-order valence-corrected chi connectivity index (χ4v) is 6.30. The molecule has 0 aliphatic heterocycles. The summed E-state index contributed by atoms with van der Waals surface area (Å²) in [5.41, 5.74) is -0.835. The Bertz CT molecular complexity index is 694. The van der Waals surface area contributed by atoms with E-state index < -0.39 is 29.1 Å². The van der Waals surface area contributed by atoms with Gasteiger partial charge in [0.1, 0.15) is 17.3 Å². The molecule has 0 N–H and O–H groups in total. The maximum Gasteiger partial charge on any atom is 0.309 e. The summed E-state index contributed by atoms with van der Waals surface area (Å²) < 4.78 is 18.3. The fraction of sp³-hybridized carbons (Fsp3) is 0.897. The van der Waals surface area contributed by atoms with Crippen LogP contribution in [-0.4, -0.2) is 35.2 Å². The summed E-state index contributed by atoms with van der Waals surface area (Å²) in [5, 5.41) is 0. The largest absolute Gasteiger partial charge is 0.462 e. The number of hydrogen-bond acceptors (Lipinski definition) is 6. The molecular formula is C29H48O6. The molecule has 6 heteroatoms. The quantitative estimate of drug-likeness (QED) is 0.274. The summed E-state index contributed by atoms with van der Waals surface area (Å²) in [6, 6.07) is 0. The van der Waals surface area contributed by atoms with Crippen molar-refractivity contribution in [3.8, 4) is 0 Å². The molecule has 3 rings (SSSR count). The Morgan fingerprint density at radius 3 is 1.46 bits per heavy atom. The van der Waals surface area contributed by atoms with Crippen molar-refractivity contribution in [3.05, 3.63) is 0 Å². The lowest BCUT2D eigenvalue weighted by atomic mass is 9.78. The van der Waals surface area contributed by atoms with E-state index in [2.05, 4.69) is 27.7 Å². The Morgan fingerprint density at radius 2 is 1.11 bits per heavy atom. The van der Waals surface area contributed by atoms with Crippen molar-refractivity contribution in [1.82, 2.24) is 0 Å². The molecule has 3 aliphatic carbocycles. The van der Waals surface area contributed by atoms with Gasteiger partial charge in [0.15, 0.2) is 0 Å². The van der Waals surface area contributed by atoms with Crippen LogP contribution in [0.25, 0.3) is 0 Å². The van der Waals surface area contributed by atoms with Crippen LogP contribution in [0.1, 0.15) is 119 Å². The van der Waals surface area contributed by atoms with Crippen LogP contribution in [-0.2, 0) is 28.6 Å². The normalized spacial score (nSPS) is 28.6. The highest BCUT2D eigenvalue weighted by Gasteiger charge is 2.47. The lowest BCUT2D eigenvalue weighted by Gasteiger charge is -2.39. The third-order valence-corrected chi connectivity index (χ3v) is 9.24. The van der Waals surface area contributed by atoms with Gasteiger partial charge in [0.2, 0.25) is 0 Å². The van der Waals surface area contributed by atoms with Crippen molar-refractivity contribution < 1.29 is 28.6 Å². The van der Waals surface area contributed by atoms with Crippen molar-refractivity contribution in [2.45, 2.75) is 136 Å². The molecule has 0 amide bonds. The first-order valence-electron chi connectivity index (χ1n) is 14.2. The molecule has 0 bridgehead atoms. The number of esters is 3. The molecule has 3 aliphatic rings. The Morgan fingerprint density at radius 1 is 0.714 bits per heavy atom. The lowest BCUT2D eigenvalue weighted by molar-refractivity contribution is -0.182. The van der Waals surface area contributed by atoms with Crippen LogP contribution in [0.4, 0.5) is 0 Å². The molecule has 3 atom stereocenters. The van der Waals surface area contributed by atoms with Gasteiger partial charge in [-0.2, -0.15) is 0 Å². The number of carbonyl (C=O) groups excluding carboxylic acids is 3. The maximum atomic E-state index is 13.5. The third-order valence-electron chi connectivity index (χ3n) is 9.24. The lowest BCUT2D eigenvalue weighted by Crippen LogP contribution is -2.45. The molecule has 3 fully saturated rings. The Hall–Kier alpha value is -1.59. The van der Waals surface area contributed by atoms with Crippen LogP contribution in [0.2, 0.25) is 0 Å². The monoisotopic (exact) mass is 492 g/mol. The molecule has 0 aromatic heterocycles. The van der Waals surface area contributed by atoms with Crippen LogP contribution in [0, 0.1) is 29.6 Å². The first kappa shape index (κ1) is 28.0. The number of ether oxygens (including phenoxy) is 3. The molecule has 35 heavy (non-hydrogen) atoms. The van der Waals surface area contributed by atoms with Gasteiger partial charge >= 0.3 is 17.9 Å². The molecule has 6 nitrogen and oxygen atoms in total. The SMILES string of the molecule is CCC(C)C(=O)OC1CC(C(=O)OC2(C(C)C)CCCC2)CC(C(=O)OC2(C(C)C)CCCC2)C1. The molecule has 3 unspecified atom stereocenters. The van der Waals surface area contributed by atoms with E-state index in [-0.39, 0.29) is 35.7 Å². The standard InChI is InChI=1S/C29H48O6/c1-7-21(6)25(30)33-24-17-22(26(31)34-28(19(2)3)12-8-9-13-28)16-23(18-24)27(32)35-29(20(4)5)14-10-11-15-29/h19-24H,7-18H2,1-6H3. The average molecular weight is 493 g/mol. The molecular weight excluding hydrogens is 444 g/mol. The molecule has 0 spiro atoms. The second kappa shape index (κ2) is 11.6. The van der Waals surface area contributed by atoms with E-state index in [1.54, 1.807) is 0 Å². The van der Waals surface area contributed by atoms with E-state index in [1.807, 2.05) is 13.8 Å². The van der Waals surface area contributed by atoms with E-state index in [1.165, 1.54) is 0 Å². The number of hydrogen-bond donors (Lipinski definition) is 0. The van der Waals surface area contributed by atoms with Crippen molar-refractivity contribution in [2.75, 3.05) is 0 Å². The van der Waals surface area contributed by atoms with Crippen molar-refractivity contribution in [3.63, 3.8) is 0 Å². The van der Waals surface area contributed by atoms with Crippen LogP contribution < -0.4 is 0 Å². The zero-order chi connectivity index (χ0) is 25.8. The van der Waals surface area contributed by atoms with Gasteiger partial charge in [-0.05, 0) is 88.9 Å². The second-order valence-corrected chi connectivity index (χ2v) is 12.2. The van der Waals surface area contributed by atoms with Gasteiger partial charge < -0.3 is 14.2 Å². The highest BCUT2D eigenvalue weighted by Crippen LogP contribution is 2.43. The summed E-state index contributed by atoms with van der Waals surface area (Å²) in [4.78, 5) is 39.5. The maximum absolute atomic E-state index is 13.5. The zero-order valence-electron chi connectivity index (χ0n) is 22.9. The van der Waals surface area contributed by atoms with Gasteiger partial charge in [-0.25, -0.2) is 0 Å². The Balaban J connectivity index is 1.76. The second-order valence-electron chi connectivity index (χ2n) is 12.2. The number of rotatable bonds is 9. The fourth-order valence-electron chi connectivity index (χ4n) is 6.30. The van der Waals surface area contributed by atoms with Gasteiger partial charge in [-0.1, -0.05) is 41.5 Å². The van der Waals surface area contributed by atoms with E-state index >= 15 is 0 Å². The van der Waals surface area contributed by atoms with Crippen molar-refractivity contribution in [1.29, 1.82) is 0 Å². The summed E-state index contributed by atoms with van der Waals surface area (Å²) in [6.45, 7) is 12.3. The van der Waals surface area contributed by atoms with Gasteiger partial charge in [0, 0.05) is 0 Å². The highest BCUT2D eigenvalue weighted by molar-refractivity contribution is 5.78. The van der Waals surface area contributed by atoms with Crippen LogP contribution >= 0.6 is 0 Å². The summed E-state index contributed by atoms with van der Waals surface area (Å²) in [6.07, 6.45) is 9.25.